The number of hydrogen-bond donors (Lipinski definition) is 1. The number of allylic oxidation sites excluding steroid dienone is 1. The molecule has 0 heterocycles. The van der Waals surface area contributed by atoms with Crippen molar-refractivity contribution >= 4 is 6.09 Å². The second-order valence-corrected chi connectivity index (χ2v) is 6.45. The lowest BCUT2D eigenvalue weighted by Crippen LogP contribution is -2.36. The Bertz CT molecular complexity index is 296. The van der Waals surface area contributed by atoms with Gasteiger partial charge in [0.15, 0.2) is 0 Å². The first-order valence-electron chi connectivity index (χ1n) is 6.90. The molecule has 0 aromatic heterocycles. The highest BCUT2D eigenvalue weighted by Crippen LogP contribution is 2.32. The summed E-state index contributed by atoms with van der Waals surface area (Å²) in [6.45, 7) is 12.5. The van der Waals surface area contributed by atoms with E-state index in [2.05, 4.69) is 18.8 Å². The van der Waals surface area contributed by atoms with Gasteiger partial charge in [-0.1, -0.05) is 12.2 Å². The minimum atomic E-state index is -0.415. The summed E-state index contributed by atoms with van der Waals surface area (Å²) in [4.78, 5) is 11.5. The lowest BCUT2D eigenvalue weighted by Gasteiger charge is -2.29. The summed E-state index contributed by atoms with van der Waals surface area (Å²) in [5.41, 5.74) is 0.885. The van der Waals surface area contributed by atoms with Crippen LogP contribution < -0.4 is 5.32 Å². The zero-order valence-electron chi connectivity index (χ0n) is 12.2. The Hall–Kier alpha value is -0.990. The summed E-state index contributed by atoms with van der Waals surface area (Å²) in [5, 5.41) is 2.87. The minimum absolute atomic E-state index is 0.301. The van der Waals surface area contributed by atoms with Crippen molar-refractivity contribution in [1.29, 1.82) is 0 Å². The van der Waals surface area contributed by atoms with Gasteiger partial charge in [0, 0.05) is 6.54 Å². The standard InChI is InChI=1S/C15H27NO2/c1-11(2)13-8-6-12(7-9-13)10-16-14(17)18-15(3,4)5/h12-13H,1,6-10H2,2-5H3,(H,16,17). The lowest BCUT2D eigenvalue weighted by molar-refractivity contribution is 0.0514. The van der Waals surface area contributed by atoms with Crippen molar-refractivity contribution in [1.82, 2.24) is 5.32 Å². The maximum absolute atomic E-state index is 11.5. The molecular weight excluding hydrogens is 226 g/mol. The molecule has 1 saturated carbocycles. The van der Waals surface area contributed by atoms with E-state index in [9.17, 15) is 4.79 Å². The van der Waals surface area contributed by atoms with E-state index in [4.69, 9.17) is 4.74 Å². The average molecular weight is 253 g/mol. The maximum atomic E-state index is 11.5. The number of ether oxygens (including phenoxy) is 1. The Morgan fingerprint density at radius 2 is 1.83 bits per heavy atom. The van der Waals surface area contributed by atoms with Crippen molar-refractivity contribution < 1.29 is 9.53 Å². The van der Waals surface area contributed by atoms with Gasteiger partial charge in [-0.15, -0.1) is 0 Å². The molecule has 104 valence electrons. The molecular formula is C15H27NO2. The van der Waals surface area contributed by atoms with Gasteiger partial charge in [0.1, 0.15) is 5.60 Å². The SMILES string of the molecule is C=C(C)C1CCC(CNC(=O)OC(C)(C)C)CC1. The van der Waals surface area contributed by atoms with Crippen LogP contribution in [0.4, 0.5) is 4.79 Å². The van der Waals surface area contributed by atoms with Gasteiger partial charge < -0.3 is 10.1 Å². The highest BCUT2D eigenvalue weighted by atomic mass is 16.6. The van der Waals surface area contributed by atoms with Gasteiger partial charge in [0.05, 0.1) is 0 Å². The van der Waals surface area contributed by atoms with Gasteiger partial charge in [0.2, 0.25) is 0 Å². The summed E-state index contributed by atoms with van der Waals surface area (Å²) in [5.74, 6) is 1.27. The number of rotatable bonds is 3. The first kappa shape index (κ1) is 15.1. The van der Waals surface area contributed by atoms with E-state index in [0.29, 0.717) is 11.8 Å². The number of carbonyl (C=O) groups excluding carboxylic acids is 1. The summed E-state index contributed by atoms with van der Waals surface area (Å²) >= 11 is 0. The Morgan fingerprint density at radius 1 is 1.28 bits per heavy atom. The Labute approximate surface area is 111 Å². The summed E-state index contributed by atoms with van der Waals surface area (Å²) in [7, 11) is 0. The predicted octanol–water partition coefficient (Wildman–Crippen LogP) is 3.89. The average Bonchev–Trinajstić information content (AvgIpc) is 2.24. The van der Waals surface area contributed by atoms with Gasteiger partial charge in [0.25, 0.3) is 0 Å². The molecule has 3 nitrogen and oxygen atoms in total. The Balaban J connectivity index is 2.22. The summed E-state index contributed by atoms with van der Waals surface area (Å²) in [6.07, 6.45) is 4.46. The zero-order chi connectivity index (χ0) is 13.8. The molecule has 0 radical (unpaired) electrons. The molecule has 1 rings (SSSR count). The van der Waals surface area contributed by atoms with Crippen LogP contribution in [0, 0.1) is 11.8 Å². The van der Waals surface area contributed by atoms with Gasteiger partial charge >= 0.3 is 6.09 Å². The molecule has 0 saturated heterocycles. The lowest BCUT2D eigenvalue weighted by atomic mass is 9.79. The number of nitrogens with one attached hydrogen (secondary N) is 1. The van der Waals surface area contributed by atoms with E-state index in [1.807, 2.05) is 20.8 Å². The molecule has 0 bridgehead atoms. The second-order valence-electron chi connectivity index (χ2n) is 6.45. The van der Waals surface area contributed by atoms with Crippen LogP contribution in [0.15, 0.2) is 12.2 Å². The van der Waals surface area contributed by atoms with Crippen molar-refractivity contribution in [2.24, 2.45) is 11.8 Å². The minimum Gasteiger partial charge on any atom is -0.444 e. The number of hydrogen-bond acceptors (Lipinski definition) is 2. The first-order chi connectivity index (χ1) is 8.28. The van der Waals surface area contributed by atoms with Crippen molar-refractivity contribution in [2.75, 3.05) is 6.54 Å². The van der Waals surface area contributed by atoms with Crippen LogP contribution >= 0.6 is 0 Å². The van der Waals surface area contributed by atoms with Gasteiger partial charge in [-0.05, 0) is 65.2 Å². The third-order valence-electron chi connectivity index (χ3n) is 3.48. The summed E-state index contributed by atoms with van der Waals surface area (Å²) in [6, 6.07) is 0. The number of carbonyl (C=O) groups is 1. The fourth-order valence-corrected chi connectivity index (χ4v) is 2.40. The fraction of sp³-hybridized carbons (Fsp3) is 0.800. The molecule has 3 heteroatoms. The van der Waals surface area contributed by atoms with Gasteiger partial charge in [-0.3, -0.25) is 0 Å². The molecule has 1 aliphatic carbocycles. The van der Waals surface area contributed by atoms with Gasteiger partial charge in [-0.2, -0.15) is 0 Å². The van der Waals surface area contributed by atoms with E-state index < -0.39 is 5.60 Å². The van der Waals surface area contributed by atoms with E-state index in [1.54, 1.807) is 0 Å². The third-order valence-corrected chi connectivity index (χ3v) is 3.48. The fourth-order valence-electron chi connectivity index (χ4n) is 2.40. The third kappa shape index (κ3) is 5.56. The Kier molecular flexibility index (Phi) is 5.24. The van der Waals surface area contributed by atoms with Crippen molar-refractivity contribution in [3.63, 3.8) is 0 Å². The van der Waals surface area contributed by atoms with Crippen LogP contribution in [0.2, 0.25) is 0 Å². The molecule has 0 aromatic rings. The molecule has 0 unspecified atom stereocenters. The van der Waals surface area contributed by atoms with Crippen LogP contribution in [-0.2, 0) is 4.74 Å². The van der Waals surface area contributed by atoms with Crippen LogP contribution in [0.3, 0.4) is 0 Å². The molecule has 0 atom stereocenters. The summed E-state index contributed by atoms with van der Waals surface area (Å²) < 4.78 is 5.22. The zero-order valence-corrected chi connectivity index (χ0v) is 12.2. The van der Waals surface area contributed by atoms with Crippen LogP contribution in [0.5, 0.6) is 0 Å². The van der Waals surface area contributed by atoms with Crippen molar-refractivity contribution in [3.8, 4) is 0 Å². The van der Waals surface area contributed by atoms with Crippen LogP contribution in [0.25, 0.3) is 0 Å². The maximum Gasteiger partial charge on any atom is 0.407 e. The monoisotopic (exact) mass is 253 g/mol. The number of alkyl carbamates (subject to hydrolysis) is 1. The molecule has 1 N–H and O–H groups in total. The molecule has 1 amide bonds. The van der Waals surface area contributed by atoms with Crippen LogP contribution in [0.1, 0.15) is 53.4 Å². The van der Waals surface area contributed by atoms with E-state index >= 15 is 0 Å². The Morgan fingerprint density at radius 3 is 2.28 bits per heavy atom. The quantitative estimate of drug-likeness (QED) is 0.775. The predicted molar refractivity (Wildman–Crippen MR) is 74.5 cm³/mol. The van der Waals surface area contributed by atoms with Crippen molar-refractivity contribution in [2.45, 2.75) is 59.0 Å². The molecule has 18 heavy (non-hydrogen) atoms. The topological polar surface area (TPSA) is 38.3 Å². The number of amides is 1. The molecule has 1 aliphatic rings. The largest absolute Gasteiger partial charge is 0.444 e. The van der Waals surface area contributed by atoms with Crippen molar-refractivity contribution in [3.05, 3.63) is 12.2 Å². The molecule has 0 aromatic carbocycles. The molecule has 1 fully saturated rings. The highest BCUT2D eigenvalue weighted by molar-refractivity contribution is 5.67. The first-order valence-corrected chi connectivity index (χ1v) is 6.90. The van der Waals surface area contributed by atoms with E-state index in [0.717, 1.165) is 6.54 Å². The molecule has 0 aliphatic heterocycles. The van der Waals surface area contributed by atoms with Gasteiger partial charge in [-0.25, -0.2) is 4.79 Å². The second kappa shape index (κ2) is 6.26. The highest BCUT2D eigenvalue weighted by Gasteiger charge is 2.22. The smallest absolute Gasteiger partial charge is 0.407 e. The van der Waals surface area contributed by atoms with Crippen LogP contribution in [-0.4, -0.2) is 18.2 Å². The normalized spacial score (nSPS) is 24.4. The van der Waals surface area contributed by atoms with E-state index in [1.165, 1.54) is 31.3 Å². The molecule has 0 spiro atoms. The van der Waals surface area contributed by atoms with E-state index in [-0.39, 0.29) is 6.09 Å².